The van der Waals surface area contributed by atoms with E-state index in [2.05, 4.69) is 57.2 Å². The number of hydrogen-bond acceptors (Lipinski definition) is 4. The molecule has 0 radical (unpaired) electrons. The smallest absolute Gasteiger partial charge is 0.173 e. The predicted molar refractivity (Wildman–Crippen MR) is 115 cm³/mol. The fraction of sp³-hybridized carbons (Fsp3) is 0.615. The molecule has 1 aromatic heterocycles. The van der Waals surface area contributed by atoms with Crippen LogP contribution in [0, 0.1) is 16.7 Å². The van der Waals surface area contributed by atoms with Crippen LogP contribution in [-0.4, -0.2) is 25.1 Å². The third-order valence-electron chi connectivity index (χ3n) is 8.32. The zero-order valence-corrected chi connectivity index (χ0v) is 18.4. The van der Waals surface area contributed by atoms with Gasteiger partial charge >= 0.3 is 0 Å². The van der Waals surface area contributed by atoms with E-state index in [4.69, 9.17) is 18.6 Å². The number of fused-ring (bicyclic) bond motifs is 1. The number of hydrogen-bond donors (Lipinski definition) is 0. The first-order valence-electron chi connectivity index (χ1n) is 11.4. The normalized spacial score (nSPS) is 34.7. The van der Waals surface area contributed by atoms with Crippen molar-refractivity contribution < 1.29 is 18.6 Å². The summed E-state index contributed by atoms with van der Waals surface area (Å²) < 4.78 is 25.3. The van der Waals surface area contributed by atoms with Crippen LogP contribution in [0.5, 0.6) is 0 Å². The predicted octanol–water partition coefficient (Wildman–Crippen LogP) is 5.93. The van der Waals surface area contributed by atoms with Crippen molar-refractivity contribution in [3.05, 3.63) is 60.1 Å². The lowest BCUT2D eigenvalue weighted by atomic mass is 9.45. The van der Waals surface area contributed by atoms with Gasteiger partial charge in [0.1, 0.15) is 5.76 Å². The second-order valence-corrected chi connectivity index (χ2v) is 10.1. The summed E-state index contributed by atoms with van der Waals surface area (Å²) in [5.41, 5.74) is 1.13. The standard InChI is InChI=1S/C26H34O4/c1-24(2)23-22(28-18-19-8-5-4-6-9-19)12-11-20(21-10-7-15-27-21)25(23,3)13-14-26(24)29-16-17-30-26/h4-10,15,20,22-23H,11-14,16-18H2,1-3H3/t20-,22+,23+,25-/m1/s1. The second kappa shape index (κ2) is 7.51. The van der Waals surface area contributed by atoms with E-state index in [0.717, 1.165) is 31.4 Å². The van der Waals surface area contributed by atoms with Gasteiger partial charge in [-0.15, -0.1) is 0 Å². The van der Waals surface area contributed by atoms with E-state index < -0.39 is 5.79 Å². The van der Waals surface area contributed by atoms with E-state index >= 15 is 0 Å². The van der Waals surface area contributed by atoms with Crippen molar-refractivity contribution in [3.63, 3.8) is 0 Å². The second-order valence-electron chi connectivity index (χ2n) is 10.1. The maximum absolute atomic E-state index is 6.67. The molecule has 4 heteroatoms. The summed E-state index contributed by atoms with van der Waals surface area (Å²) in [7, 11) is 0. The van der Waals surface area contributed by atoms with Crippen LogP contribution in [0.2, 0.25) is 0 Å². The van der Waals surface area contributed by atoms with Crippen LogP contribution in [0.1, 0.15) is 63.7 Å². The molecule has 1 spiro atoms. The van der Waals surface area contributed by atoms with Crippen molar-refractivity contribution in [1.29, 1.82) is 0 Å². The number of benzene rings is 1. The van der Waals surface area contributed by atoms with Crippen molar-refractivity contribution in [1.82, 2.24) is 0 Å². The van der Waals surface area contributed by atoms with Gasteiger partial charge in [0.15, 0.2) is 5.79 Å². The Hall–Kier alpha value is -1.62. The first kappa shape index (κ1) is 20.3. The largest absolute Gasteiger partial charge is 0.469 e. The fourth-order valence-corrected chi connectivity index (χ4v) is 6.97. The van der Waals surface area contributed by atoms with Crippen LogP contribution < -0.4 is 0 Å². The maximum Gasteiger partial charge on any atom is 0.173 e. The Morgan fingerprint density at radius 2 is 1.70 bits per heavy atom. The van der Waals surface area contributed by atoms with Crippen LogP contribution in [0.3, 0.4) is 0 Å². The summed E-state index contributed by atoms with van der Waals surface area (Å²) in [5, 5.41) is 0. The molecule has 3 fully saturated rings. The molecule has 4 atom stereocenters. The van der Waals surface area contributed by atoms with Crippen molar-refractivity contribution in [2.45, 2.75) is 70.9 Å². The molecule has 2 saturated carbocycles. The molecule has 2 aliphatic carbocycles. The molecule has 1 saturated heterocycles. The van der Waals surface area contributed by atoms with Crippen LogP contribution in [0.4, 0.5) is 0 Å². The number of rotatable bonds is 4. The Kier molecular flexibility index (Phi) is 5.08. The molecule has 30 heavy (non-hydrogen) atoms. The number of ether oxygens (including phenoxy) is 3. The van der Waals surface area contributed by atoms with Gasteiger partial charge in [0.05, 0.1) is 32.2 Å². The minimum absolute atomic E-state index is 0.0710. The van der Waals surface area contributed by atoms with Gasteiger partial charge in [-0.05, 0) is 42.4 Å². The molecule has 5 rings (SSSR count). The first-order chi connectivity index (χ1) is 14.5. The molecule has 0 N–H and O–H groups in total. The molecular formula is C26H34O4. The summed E-state index contributed by atoms with van der Waals surface area (Å²) in [5.74, 6) is 1.32. The molecule has 3 aliphatic rings. The molecule has 1 aliphatic heterocycles. The van der Waals surface area contributed by atoms with E-state index in [9.17, 15) is 0 Å². The lowest BCUT2D eigenvalue weighted by Crippen LogP contribution is -2.64. The highest BCUT2D eigenvalue weighted by Gasteiger charge is 2.67. The SMILES string of the molecule is CC1(C)[C@@H]2[C@@H](OCc3ccccc3)CC[C@H](c3ccco3)[C@@]2(C)CCC12OCCO2. The van der Waals surface area contributed by atoms with E-state index in [-0.39, 0.29) is 16.9 Å². The average molecular weight is 411 g/mol. The van der Waals surface area contributed by atoms with Crippen molar-refractivity contribution in [2.24, 2.45) is 16.7 Å². The van der Waals surface area contributed by atoms with Crippen LogP contribution >= 0.6 is 0 Å². The summed E-state index contributed by atoms with van der Waals surface area (Å²) in [6.07, 6.45) is 6.07. The van der Waals surface area contributed by atoms with Crippen molar-refractivity contribution in [2.75, 3.05) is 13.2 Å². The molecule has 2 heterocycles. The molecule has 0 bridgehead atoms. The number of furan rings is 1. The molecule has 1 aromatic carbocycles. The lowest BCUT2D eigenvalue weighted by molar-refractivity contribution is -0.307. The molecule has 0 unspecified atom stereocenters. The first-order valence-corrected chi connectivity index (χ1v) is 11.4. The van der Waals surface area contributed by atoms with Gasteiger partial charge in [-0.25, -0.2) is 0 Å². The van der Waals surface area contributed by atoms with Gasteiger partial charge in [-0.3, -0.25) is 0 Å². The summed E-state index contributed by atoms with van der Waals surface area (Å²) in [4.78, 5) is 0. The maximum atomic E-state index is 6.67. The molecule has 162 valence electrons. The van der Waals surface area contributed by atoms with Crippen molar-refractivity contribution in [3.8, 4) is 0 Å². The van der Waals surface area contributed by atoms with Crippen molar-refractivity contribution >= 4 is 0 Å². The highest BCUT2D eigenvalue weighted by atomic mass is 16.7. The monoisotopic (exact) mass is 410 g/mol. The van der Waals surface area contributed by atoms with Gasteiger partial charge in [0.2, 0.25) is 0 Å². The quantitative estimate of drug-likeness (QED) is 0.626. The van der Waals surface area contributed by atoms with E-state index in [1.165, 1.54) is 5.56 Å². The van der Waals surface area contributed by atoms with Gasteiger partial charge in [-0.1, -0.05) is 51.1 Å². The van der Waals surface area contributed by atoms with E-state index in [1.807, 2.05) is 12.3 Å². The minimum Gasteiger partial charge on any atom is -0.469 e. The Morgan fingerprint density at radius 3 is 2.40 bits per heavy atom. The Morgan fingerprint density at radius 1 is 0.933 bits per heavy atom. The van der Waals surface area contributed by atoms with Crippen LogP contribution in [-0.2, 0) is 20.8 Å². The Bertz CT molecular complexity index is 837. The fourth-order valence-electron chi connectivity index (χ4n) is 6.97. The molecular weight excluding hydrogens is 376 g/mol. The van der Waals surface area contributed by atoms with Crippen LogP contribution in [0.25, 0.3) is 0 Å². The van der Waals surface area contributed by atoms with Gasteiger partial charge < -0.3 is 18.6 Å². The lowest BCUT2D eigenvalue weighted by Gasteiger charge is -2.63. The van der Waals surface area contributed by atoms with E-state index in [1.54, 1.807) is 0 Å². The Balaban J connectivity index is 1.49. The topological polar surface area (TPSA) is 40.8 Å². The Labute approximate surface area is 179 Å². The van der Waals surface area contributed by atoms with Gasteiger partial charge in [-0.2, -0.15) is 0 Å². The molecule has 0 amide bonds. The molecule has 2 aromatic rings. The summed E-state index contributed by atoms with van der Waals surface area (Å²) in [6, 6.07) is 14.7. The third kappa shape index (κ3) is 3.07. The zero-order chi connectivity index (χ0) is 20.8. The van der Waals surface area contributed by atoms with Gasteiger partial charge in [0.25, 0.3) is 0 Å². The molecule has 4 nitrogen and oxygen atoms in total. The third-order valence-corrected chi connectivity index (χ3v) is 8.32. The van der Waals surface area contributed by atoms with E-state index in [0.29, 0.717) is 31.7 Å². The van der Waals surface area contributed by atoms with Gasteiger partial charge in [0, 0.05) is 23.7 Å². The highest BCUT2D eigenvalue weighted by Crippen LogP contribution is 2.67. The zero-order valence-electron chi connectivity index (χ0n) is 18.4. The summed E-state index contributed by atoms with van der Waals surface area (Å²) in [6.45, 7) is 9.14. The summed E-state index contributed by atoms with van der Waals surface area (Å²) >= 11 is 0. The average Bonchev–Trinajstić information content (AvgIpc) is 3.43. The minimum atomic E-state index is -0.503. The highest BCUT2D eigenvalue weighted by molar-refractivity contribution is 5.20. The van der Waals surface area contributed by atoms with Crippen LogP contribution in [0.15, 0.2) is 53.1 Å².